The number of ether oxygens (including phenoxy) is 1. The van der Waals surface area contributed by atoms with Gasteiger partial charge in [-0.3, -0.25) is 4.79 Å². The Morgan fingerprint density at radius 2 is 2.00 bits per heavy atom. The minimum absolute atomic E-state index is 0.134. The summed E-state index contributed by atoms with van der Waals surface area (Å²) in [7, 11) is 1.81. The minimum atomic E-state index is -0.447. The van der Waals surface area contributed by atoms with Crippen molar-refractivity contribution in [2.75, 3.05) is 13.7 Å². The Morgan fingerprint density at radius 1 is 1.25 bits per heavy atom. The van der Waals surface area contributed by atoms with E-state index in [2.05, 4.69) is 4.98 Å². The van der Waals surface area contributed by atoms with Crippen LogP contribution in [0.5, 0.6) is 0 Å². The number of aryl methyl sites for hydroxylation is 1. The number of nitrogens with zero attached hydrogens (tertiary/aromatic N) is 2. The van der Waals surface area contributed by atoms with Crippen LogP contribution in [0.4, 0.5) is 0 Å². The molecular weight excluding hydrogens is 392 g/mol. The Labute approximate surface area is 174 Å². The Morgan fingerprint density at radius 3 is 2.71 bits per heavy atom. The first-order valence-electron chi connectivity index (χ1n) is 9.60. The number of benzene rings is 1. The second-order valence-corrected chi connectivity index (χ2v) is 9.15. The molecule has 0 N–H and O–H groups in total. The lowest BCUT2D eigenvalue weighted by Gasteiger charge is -2.31. The maximum Gasteiger partial charge on any atom is 0.338 e. The van der Waals surface area contributed by atoms with Gasteiger partial charge in [0.2, 0.25) is 0 Å². The third-order valence-corrected chi connectivity index (χ3v) is 7.22. The van der Waals surface area contributed by atoms with Crippen molar-refractivity contribution < 1.29 is 14.3 Å². The fourth-order valence-corrected chi connectivity index (χ4v) is 5.22. The molecule has 1 heterocycles. The van der Waals surface area contributed by atoms with Crippen LogP contribution < -0.4 is 0 Å². The fourth-order valence-electron chi connectivity index (χ4n) is 3.36. The number of thiazole rings is 1. The van der Waals surface area contributed by atoms with E-state index >= 15 is 0 Å². The summed E-state index contributed by atoms with van der Waals surface area (Å²) in [4.78, 5) is 31.2. The summed E-state index contributed by atoms with van der Waals surface area (Å²) in [6.45, 7) is 1.76. The molecular formula is C21H26N2O3S2. The van der Waals surface area contributed by atoms with Crippen LogP contribution in [-0.2, 0) is 15.3 Å². The molecule has 1 aliphatic rings. The summed E-state index contributed by atoms with van der Waals surface area (Å²) in [6, 6.07) is 7.65. The number of carbonyl (C=O) groups excluding carboxylic acids is 2. The summed E-state index contributed by atoms with van der Waals surface area (Å²) in [5.41, 5.74) is 2.40. The quantitative estimate of drug-likeness (QED) is 0.482. The van der Waals surface area contributed by atoms with Crippen LogP contribution in [0.15, 0.2) is 34.0 Å². The molecule has 0 aliphatic heterocycles. The number of rotatable bonds is 7. The molecule has 1 aromatic heterocycles. The van der Waals surface area contributed by atoms with Gasteiger partial charge in [-0.1, -0.05) is 49.2 Å². The second-order valence-electron chi connectivity index (χ2n) is 7.07. The lowest BCUT2D eigenvalue weighted by molar-refractivity contribution is -0.135. The highest BCUT2D eigenvalue weighted by Crippen LogP contribution is 2.27. The zero-order valence-corrected chi connectivity index (χ0v) is 18.0. The van der Waals surface area contributed by atoms with Gasteiger partial charge in [0.15, 0.2) is 6.61 Å². The maximum atomic E-state index is 12.6. The van der Waals surface area contributed by atoms with Crippen molar-refractivity contribution in [2.45, 2.75) is 55.2 Å². The number of hydrogen-bond acceptors (Lipinski definition) is 6. The highest BCUT2D eigenvalue weighted by molar-refractivity contribution is 8.00. The van der Waals surface area contributed by atoms with Crippen LogP contribution in [0, 0.1) is 6.92 Å². The number of hydrogen-bond donors (Lipinski definition) is 0. The highest BCUT2D eigenvalue weighted by Gasteiger charge is 2.23. The number of thioether (sulfide) groups is 1. The third kappa shape index (κ3) is 5.58. The molecule has 1 aliphatic carbocycles. The molecule has 7 heteroatoms. The number of esters is 1. The second kappa shape index (κ2) is 10.1. The molecule has 28 heavy (non-hydrogen) atoms. The average Bonchev–Trinajstić information content (AvgIpc) is 3.15. The van der Waals surface area contributed by atoms with Gasteiger partial charge in [0.05, 0.1) is 5.56 Å². The fraction of sp³-hybridized carbons (Fsp3) is 0.476. The molecule has 1 aromatic carbocycles. The topological polar surface area (TPSA) is 59.5 Å². The van der Waals surface area contributed by atoms with Crippen LogP contribution in [0.3, 0.4) is 0 Å². The van der Waals surface area contributed by atoms with Gasteiger partial charge in [-0.05, 0) is 31.4 Å². The van der Waals surface area contributed by atoms with E-state index in [0.717, 1.165) is 41.3 Å². The van der Waals surface area contributed by atoms with Crippen molar-refractivity contribution in [1.82, 2.24) is 9.88 Å². The number of aromatic nitrogens is 1. The minimum Gasteiger partial charge on any atom is -0.452 e. The molecule has 150 valence electrons. The van der Waals surface area contributed by atoms with E-state index in [1.165, 1.54) is 6.42 Å². The maximum absolute atomic E-state index is 12.6. The molecule has 5 nitrogen and oxygen atoms in total. The molecule has 1 amide bonds. The Kier molecular flexibility index (Phi) is 7.50. The van der Waals surface area contributed by atoms with Crippen molar-refractivity contribution in [3.8, 4) is 0 Å². The van der Waals surface area contributed by atoms with E-state index in [9.17, 15) is 9.59 Å². The molecule has 2 aromatic rings. The Bertz CT molecular complexity index is 815. The van der Waals surface area contributed by atoms with Gasteiger partial charge in [0.1, 0.15) is 4.34 Å². The zero-order chi connectivity index (χ0) is 19.9. The summed E-state index contributed by atoms with van der Waals surface area (Å²) in [6.07, 6.45) is 5.62. The Hall–Kier alpha value is -1.86. The van der Waals surface area contributed by atoms with Gasteiger partial charge in [-0.2, -0.15) is 0 Å². The molecule has 0 spiro atoms. The Balaban J connectivity index is 1.55. The van der Waals surface area contributed by atoms with Crippen molar-refractivity contribution in [3.63, 3.8) is 0 Å². The standard InChI is InChI=1S/C21H26N2O3S2/c1-15-13-27-21(22-15)28-14-16-8-6-7-11-18(16)20(25)26-12-19(24)23(2)17-9-4-3-5-10-17/h6-8,11,13,17H,3-5,9-10,12,14H2,1-2H3. The summed E-state index contributed by atoms with van der Waals surface area (Å²) < 4.78 is 6.32. The molecule has 0 saturated heterocycles. The van der Waals surface area contributed by atoms with Crippen LogP contribution in [0.1, 0.15) is 53.7 Å². The molecule has 0 unspecified atom stereocenters. The van der Waals surface area contributed by atoms with E-state index in [0.29, 0.717) is 11.3 Å². The smallest absolute Gasteiger partial charge is 0.338 e. The largest absolute Gasteiger partial charge is 0.452 e. The van der Waals surface area contributed by atoms with Crippen molar-refractivity contribution in [3.05, 3.63) is 46.5 Å². The van der Waals surface area contributed by atoms with E-state index < -0.39 is 5.97 Å². The summed E-state index contributed by atoms with van der Waals surface area (Å²) >= 11 is 3.20. The van der Waals surface area contributed by atoms with Crippen LogP contribution in [0.25, 0.3) is 0 Å². The predicted octanol–water partition coefficient (Wildman–Crippen LogP) is 4.69. The van der Waals surface area contributed by atoms with Gasteiger partial charge in [-0.25, -0.2) is 9.78 Å². The van der Waals surface area contributed by atoms with Crippen molar-refractivity contribution >= 4 is 35.0 Å². The highest BCUT2D eigenvalue weighted by atomic mass is 32.2. The molecule has 0 bridgehead atoms. The number of amides is 1. The van der Waals surface area contributed by atoms with Gasteiger partial charge < -0.3 is 9.64 Å². The van der Waals surface area contributed by atoms with Gasteiger partial charge in [0.25, 0.3) is 5.91 Å². The molecule has 1 saturated carbocycles. The third-order valence-electron chi connectivity index (χ3n) is 5.03. The normalized spacial score (nSPS) is 14.6. The van der Waals surface area contributed by atoms with Crippen LogP contribution in [0.2, 0.25) is 0 Å². The van der Waals surface area contributed by atoms with Crippen molar-refractivity contribution in [1.29, 1.82) is 0 Å². The van der Waals surface area contributed by atoms with E-state index in [-0.39, 0.29) is 18.6 Å². The van der Waals surface area contributed by atoms with Gasteiger partial charge in [-0.15, -0.1) is 11.3 Å². The first kappa shape index (κ1) is 20.9. The summed E-state index contributed by atoms with van der Waals surface area (Å²) in [5.74, 6) is 0.0519. The average molecular weight is 419 g/mol. The van der Waals surface area contributed by atoms with Crippen LogP contribution >= 0.6 is 23.1 Å². The van der Waals surface area contributed by atoms with Gasteiger partial charge >= 0.3 is 5.97 Å². The van der Waals surface area contributed by atoms with Gasteiger partial charge in [0, 0.05) is 29.9 Å². The van der Waals surface area contributed by atoms with E-state index in [1.807, 2.05) is 37.6 Å². The van der Waals surface area contributed by atoms with Crippen LogP contribution in [-0.4, -0.2) is 41.5 Å². The van der Waals surface area contributed by atoms with Crippen molar-refractivity contribution in [2.24, 2.45) is 0 Å². The SMILES string of the molecule is Cc1csc(SCc2ccccc2C(=O)OCC(=O)N(C)C2CCCCC2)n1. The number of carbonyl (C=O) groups is 2. The lowest BCUT2D eigenvalue weighted by Crippen LogP contribution is -2.40. The number of likely N-dealkylation sites (N-methyl/N-ethyl adjacent to an activating group) is 1. The summed E-state index contributed by atoms with van der Waals surface area (Å²) in [5, 5.41) is 2.01. The molecule has 0 radical (unpaired) electrons. The monoisotopic (exact) mass is 418 g/mol. The first-order chi connectivity index (χ1) is 13.5. The lowest BCUT2D eigenvalue weighted by atomic mass is 9.94. The molecule has 0 atom stereocenters. The van der Waals surface area contributed by atoms with E-state index in [1.54, 1.807) is 34.1 Å². The molecule has 1 fully saturated rings. The first-order valence-corrected chi connectivity index (χ1v) is 11.5. The zero-order valence-electron chi connectivity index (χ0n) is 16.3. The molecule has 3 rings (SSSR count). The van der Waals surface area contributed by atoms with E-state index in [4.69, 9.17) is 4.74 Å². The predicted molar refractivity (Wildman–Crippen MR) is 113 cm³/mol.